The number of halogens is 1. The molecular weight excluding hydrogens is 244 g/mol. The van der Waals surface area contributed by atoms with Gasteiger partial charge in [0.1, 0.15) is 5.75 Å². The molecule has 4 rings (SSSR count). The van der Waals surface area contributed by atoms with E-state index in [0.717, 1.165) is 11.8 Å². The van der Waals surface area contributed by atoms with Crippen molar-refractivity contribution in [2.24, 2.45) is 17.3 Å². The number of benzene rings is 1. The number of para-hydroxylation sites is 1. The van der Waals surface area contributed by atoms with Gasteiger partial charge in [0.25, 0.3) is 0 Å². The van der Waals surface area contributed by atoms with Crippen LogP contribution in [0.3, 0.4) is 0 Å². The number of rotatable bonds is 0. The molecule has 0 amide bonds. The SMILES string of the molecule is CC1=CCC2CC1C2(C)C.Oc1ccccc1Cl. The quantitative estimate of drug-likeness (QED) is 0.651. The van der Waals surface area contributed by atoms with Crippen LogP contribution in [-0.2, 0) is 0 Å². The Bertz CT molecular complexity index is 441. The van der Waals surface area contributed by atoms with E-state index in [1.807, 2.05) is 0 Å². The van der Waals surface area contributed by atoms with Gasteiger partial charge in [0.05, 0.1) is 5.02 Å². The van der Waals surface area contributed by atoms with Crippen molar-refractivity contribution < 1.29 is 5.11 Å². The Morgan fingerprint density at radius 2 is 1.94 bits per heavy atom. The van der Waals surface area contributed by atoms with Gasteiger partial charge in [0.2, 0.25) is 0 Å². The Balaban J connectivity index is 0.000000138. The van der Waals surface area contributed by atoms with E-state index in [1.165, 1.54) is 12.8 Å². The largest absolute Gasteiger partial charge is 0.506 e. The maximum atomic E-state index is 8.79. The van der Waals surface area contributed by atoms with Crippen molar-refractivity contribution in [2.45, 2.75) is 33.6 Å². The zero-order valence-electron chi connectivity index (χ0n) is 11.3. The molecule has 1 nitrogen and oxygen atoms in total. The molecule has 1 aromatic carbocycles. The first-order chi connectivity index (χ1) is 8.43. The number of phenolic OH excluding ortho intramolecular Hbond substituents is 1. The van der Waals surface area contributed by atoms with Crippen LogP contribution in [0, 0.1) is 17.3 Å². The molecule has 1 aromatic rings. The summed E-state index contributed by atoms with van der Waals surface area (Å²) in [5.41, 5.74) is 2.28. The van der Waals surface area contributed by atoms with Crippen molar-refractivity contribution in [1.29, 1.82) is 0 Å². The zero-order chi connectivity index (χ0) is 13.3. The smallest absolute Gasteiger partial charge is 0.134 e. The fourth-order valence-electron chi connectivity index (χ4n) is 3.11. The predicted molar refractivity (Wildman–Crippen MR) is 76.9 cm³/mol. The lowest BCUT2D eigenvalue weighted by Gasteiger charge is -2.56. The Kier molecular flexibility index (Phi) is 3.72. The highest BCUT2D eigenvalue weighted by Gasteiger charge is 2.49. The van der Waals surface area contributed by atoms with Crippen LogP contribution in [0.25, 0.3) is 0 Å². The molecule has 2 heteroatoms. The minimum absolute atomic E-state index is 0.133. The second kappa shape index (κ2) is 4.97. The molecule has 3 aliphatic rings. The summed E-state index contributed by atoms with van der Waals surface area (Å²) in [7, 11) is 0. The highest BCUT2D eigenvalue weighted by atomic mass is 35.5. The van der Waals surface area contributed by atoms with Crippen molar-refractivity contribution in [1.82, 2.24) is 0 Å². The monoisotopic (exact) mass is 264 g/mol. The number of fused-ring (bicyclic) bond motifs is 1. The van der Waals surface area contributed by atoms with E-state index in [0.29, 0.717) is 10.4 Å². The Morgan fingerprint density at radius 3 is 2.28 bits per heavy atom. The summed E-state index contributed by atoms with van der Waals surface area (Å²) in [6.45, 7) is 7.13. The molecule has 0 heterocycles. The third kappa shape index (κ3) is 2.42. The van der Waals surface area contributed by atoms with Gasteiger partial charge in [-0.05, 0) is 49.1 Å². The lowest BCUT2D eigenvalue weighted by Crippen LogP contribution is -2.47. The molecule has 0 aromatic heterocycles. The fraction of sp³-hybridized carbons (Fsp3) is 0.500. The zero-order valence-corrected chi connectivity index (χ0v) is 12.0. The number of hydrogen-bond acceptors (Lipinski definition) is 1. The first kappa shape index (κ1) is 13.5. The van der Waals surface area contributed by atoms with Crippen LogP contribution in [0.1, 0.15) is 33.6 Å². The van der Waals surface area contributed by atoms with Gasteiger partial charge in [-0.1, -0.05) is 49.2 Å². The minimum Gasteiger partial charge on any atom is -0.506 e. The second-order valence-corrected chi connectivity index (χ2v) is 6.35. The highest BCUT2D eigenvalue weighted by Crippen LogP contribution is 2.58. The van der Waals surface area contributed by atoms with Crippen LogP contribution in [-0.4, -0.2) is 5.11 Å². The maximum Gasteiger partial charge on any atom is 0.134 e. The number of aromatic hydroxyl groups is 1. The molecule has 1 saturated carbocycles. The molecule has 0 saturated heterocycles. The number of hydrogen-bond donors (Lipinski definition) is 1. The molecule has 0 aliphatic heterocycles. The van der Waals surface area contributed by atoms with Crippen LogP contribution in [0.15, 0.2) is 35.9 Å². The van der Waals surface area contributed by atoms with Crippen LogP contribution >= 0.6 is 11.6 Å². The van der Waals surface area contributed by atoms with E-state index >= 15 is 0 Å². The van der Waals surface area contributed by atoms with E-state index in [-0.39, 0.29) is 5.75 Å². The summed E-state index contributed by atoms with van der Waals surface area (Å²) in [6.07, 6.45) is 5.24. The van der Waals surface area contributed by atoms with E-state index in [4.69, 9.17) is 16.7 Å². The maximum absolute atomic E-state index is 8.79. The Morgan fingerprint density at radius 1 is 1.28 bits per heavy atom. The number of allylic oxidation sites excluding steroid dienone is 2. The van der Waals surface area contributed by atoms with Crippen LogP contribution < -0.4 is 0 Å². The summed E-state index contributed by atoms with van der Waals surface area (Å²) in [5, 5.41) is 9.18. The fourth-order valence-corrected chi connectivity index (χ4v) is 3.25. The summed E-state index contributed by atoms with van der Waals surface area (Å²) < 4.78 is 0. The van der Waals surface area contributed by atoms with Crippen molar-refractivity contribution in [3.8, 4) is 5.75 Å². The Labute approximate surface area is 114 Å². The second-order valence-electron chi connectivity index (χ2n) is 5.94. The van der Waals surface area contributed by atoms with Gasteiger partial charge in [-0.25, -0.2) is 0 Å². The van der Waals surface area contributed by atoms with E-state index in [1.54, 1.807) is 29.8 Å². The van der Waals surface area contributed by atoms with Crippen LogP contribution in [0.2, 0.25) is 5.02 Å². The first-order valence-electron chi connectivity index (χ1n) is 6.53. The highest BCUT2D eigenvalue weighted by molar-refractivity contribution is 6.31. The van der Waals surface area contributed by atoms with Crippen molar-refractivity contribution >= 4 is 11.6 Å². The van der Waals surface area contributed by atoms with Crippen LogP contribution in [0.4, 0.5) is 0 Å². The third-order valence-corrected chi connectivity index (χ3v) is 4.92. The van der Waals surface area contributed by atoms with Gasteiger partial charge in [-0.3, -0.25) is 0 Å². The molecule has 0 radical (unpaired) electrons. The van der Waals surface area contributed by atoms with E-state index in [2.05, 4.69) is 26.8 Å². The van der Waals surface area contributed by atoms with Gasteiger partial charge in [0.15, 0.2) is 0 Å². The minimum atomic E-state index is 0.133. The average molecular weight is 265 g/mol. The van der Waals surface area contributed by atoms with Crippen LogP contribution in [0.5, 0.6) is 5.75 Å². The van der Waals surface area contributed by atoms with Gasteiger partial charge in [-0.2, -0.15) is 0 Å². The van der Waals surface area contributed by atoms with Crippen molar-refractivity contribution in [3.63, 3.8) is 0 Å². The van der Waals surface area contributed by atoms with Gasteiger partial charge >= 0.3 is 0 Å². The summed E-state index contributed by atoms with van der Waals surface area (Å²) in [6, 6.07) is 6.67. The summed E-state index contributed by atoms with van der Waals surface area (Å²) in [5.74, 6) is 2.06. The molecule has 98 valence electrons. The topological polar surface area (TPSA) is 20.2 Å². The van der Waals surface area contributed by atoms with Gasteiger partial charge in [0, 0.05) is 0 Å². The summed E-state index contributed by atoms with van der Waals surface area (Å²) >= 11 is 5.46. The Hall–Kier alpha value is -0.950. The molecule has 1 N–H and O–H groups in total. The lowest BCUT2D eigenvalue weighted by molar-refractivity contribution is -0.00579. The third-order valence-electron chi connectivity index (χ3n) is 4.60. The normalized spacial score (nSPS) is 27.4. The molecule has 2 bridgehead atoms. The molecular formula is C16H21ClO. The molecule has 18 heavy (non-hydrogen) atoms. The predicted octanol–water partition coefficient (Wildman–Crippen LogP) is 5.04. The molecule has 2 unspecified atom stereocenters. The van der Waals surface area contributed by atoms with Gasteiger partial charge in [-0.15, -0.1) is 0 Å². The van der Waals surface area contributed by atoms with E-state index < -0.39 is 0 Å². The van der Waals surface area contributed by atoms with Gasteiger partial charge < -0.3 is 5.11 Å². The molecule has 0 spiro atoms. The lowest BCUT2D eigenvalue weighted by atomic mass is 9.49. The molecule has 1 fully saturated rings. The summed E-state index contributed by atoms with van der Waals surface area (Å²) in [4.78, 5) is 0. The number of phenols is 1. The van der Waals surface area contributed by atoms with Crippen molar-refractivity contribution in [2.75, 3.05) is 0 Å². The average Bonchev–Trinajstić information content (AvgIpc) is 2.33. The molecule has 2 atom stereocenters. The first-order valence-corrected chi connectivity index (χ1v) is 6.91. The standard InChI is InChI=1S/C10H16.C6H5ClO/c1-7-4-5-8-6-9(7)10(8,2)3;7-5-3-1-2-4-6(5)8/h4,8-9H,5-6H2,1-3H3;1-4,8H. The molecule has 3 aliphatic carbocycles. The van der Waals surface area contributed by atoms with Crippen molar-refractivity contribution in [3.05, 3.63) is 40.9 Å². The van der Waals surface area contributed by atoms with E-state index in [9.17, 15) is 0 Å².